The summed E-state index contributed by atoms with van der Waals surface area (Å²) >= 11 is 1.53. The van der Waals surface area contributed by atoms with Gasteiger partial charge in [-0.25, -0.2) is 4.68 Å². The number of rotatable bonds is 8. The number of aryl methyl sites for hydroxylation is 1. The van der Waals surface area contributed by atoms with Crippen molar-refractivity contribution in [1.82, 2.24) is 15.1 Å². The number of anilines is 1. The van der Waals surface area contributed by atoms with Crippen LogP contribution in [0.1, 0.15) is 61.2 Å². The van der Waals surface area contributed by atoms with E-state index >= 15 is 0 Å². The summed E-state index contributed by atoms with van der Waals surface area (Å²) in [7, 11) is 3.23. The van der Waals surface area contributed by atoms with Gasteiger partial charge in [0.1, 0.15) is 12.4 Å². The molecule has 0 unspecified atom stereocenters. The number of ether oxygens (including phenoxy) is 3. The Kier molecular flexibility index (Phi) is 8.84. The zero-order valence-corrected chi connectivity index (χ0v) is 26.0. The van der Waals surface area contributed by atoms with Crippen LogP contribution in [-0.4, -0.2) is 67.4 Å². The third kappa shape index (κ3) is 6.15. The number of carbonyl (C=O) groups is 2. The topological polar surface area (TPSA) is 94.9 Å². The Morgan fingerprint density at radius 3 is 2.60 bits per heavy atom. The minimum absolute atomic E-state index is 0.0136. The van der Waals surface area contributed by atoms with E-state index in [2.05, 4.69) is 26.1 Å². The first-order valence-electron chi connectivity index (χ1n) is 14.3. The van der Waals surface area contributed by atoms with Crippen molar-refractivity contribution < 1.29 is 23.8 Å². The maximum atomic E-state index is 13.9. The maximum absolute atomic E-state index is 13.9. The van der Waals surface area contributed by atoms with Gasteiger partial charge in [-0.2, -0.15) is 5.10 Å². The van der Waals surface area contributed by atoms with E-state index in [1.54, 1.807) is 19.1 Å². The van der Waals surface area contributed by atoms with Crippen LogP contribution >= 0.6 is 11.8 Å². The molecule has 0 saturated carbocycles. The van der Waals surface area contributed by atoms with E-state index in [9.17, 15) is 9.59 Å². The first-order chi connectivity index (χ1) is 20.1. The van der Waals surface area contributed by atoms with E-state index < -0.39 is 0 Å². The molecule has 0 aliphatic carbocycles. The lowest BCUT2D eigenvalue weighted by Crippen LogP contribution is -2.44. The molecule has 1 N–H and O–H groups in total. The van der Waals surface area contributed by atoms with Crippen LogP contribution in [0.25, 0.3) is 5.69 Å². The zero-order chi connectivity index (χ0) is 30.0. The molecule has 3 aromatic rings. The van der Waals surface area contributed by atoms with Gasteiger partial charge in [-0.15, -0.1) is 11.8 Å². The van der Waals surface area contributed by atoms with Gasteiger partial charge in [0.05, 0.1) is 42.7 Å². The molecule has 0 bridgehead atoms. The molecular weight excluding hydrogens is 552 g/mol. The summed E-state index contributed by atoms with van der Waals surface area (Å²) in [5.41, 5.74) is 4.30. The maximum Gasteiger partial charge on any atom is 0.240 e. The first-order valence-corrected chi connectivity index (χ1v) is 15.4. The van der Waals surface area contributed by atoms with Crippen LogP contribution < -0.4 is 19.7 Å². The van der Waals surface area contributed by atoms with E-state index in [1.807, 2.05) is 54.1 Å². The summed E-state index contributed by atoms with van der Waals surface area (Å²) in [6.45, 7) is 9.43. The van der Waals surface area contributed by atoms with Crippen molar-refractivity contribution in [2.45, 2.75) is 57.3 Å². The number of benzene rings is 2. The van der Waals surface area contributed by atoms with Gasteiger partial charge in [-0.1, -0.05) is 39.0 Å². The van der Waals surface area contributed by atoms with Crippen molar-refractivity contribution in [2.75, 3.05) is 44.6 Å². The van der Waals surface area contributed by atoms with Crippen LogP contribution in [0, 0.1) is 6.92 Å². The van der Waals surface area contributed by atoms with Gasteiger partial charge < -0.3 is 19.5 Å². The third-order valence-electron chi connectivity index (χ3n) is 7.61. The van der Waals surface area contributed by atoms with Gasteiger partial charge in [-0.05, 0) is 55.2 Å². The number of fused-ring (bicyclic) bond motifs is 1. The largest absolute Gasteiger partial charge is 0.493 e. The van der Waals surface area contributed by atoms with Crippen LogP contribution in [-0.2, 0) is 19.7 Å². The average Bonchev–Trinajstić information content (AvgIpc) is 3.60. The van der Waals surface area contributed by atoms with Crippen LogP contribution in [0.4, 0.5) is 5.82 Å². The quantitative estimate of drug-likeness (QED) is 0.395. The summed E-state index contributed by atoms with van der Waals surface area (Å²) in [5.74, 6) is 1.69. The van der Waals surface area contributed by atoms with Crippen LogP contribution in [0.3, 0.4) is 0 Å². The Bertz CT molecular complexity index is 1460. The van der Waals surface area contributed by atoms with Crippen molar-refractivity contribution in [2.24, 2.45) is 0 Å². The summed E-state index contributed by atoms with van der Waals surface area (Å²) in [6.07, 6.45) is 1.93. The van der Waals surface area contributed by atoms with E-state index in [1.165, 1.54) is 11.8 Å². The highest BCUT2D eigenvalue weighted by molar-refractivity contribution is 8.00. The Morgan fingerprint density at radius 2 is 1.93 bits per heavy atom. The molecule has 1 aromatic heterocycles. The molecule has 3 heterocycles. The second-order valence-corrected chi connectivity index (χ2v) is 12.9. The summed E-state index contributed by atoms with van der Waals surface area (Å²) in [6, 6.07) is 13.9. The lowest BCUT2D eigenvalue weighted by molar-refractivity contribution is -0.123. The van der Waals surface area contributed by atoms with Crippen molar-refractivity contribution in [3.63, 3.8) is 0 Å². The van der Waals surface area contributed by atoms with E-state index in [0.717, 1.165) is 40.9 Å². The monoisotopic (exact) mass is 592 g/mol. The molecule has 0 spiro atoms. The van der Waals surface area contributed by atoms with Crippen molar-refractivity contribution in [3.05, 3.63) is 64.8 Å². The Hall–Kier alpha value is -3.50. The molecule has 2 aliphatic rings. The number of methoxy groups -OCH3 is 2. The lowest BCUT2D eigenvalue weighted by Gasteiger charge is -2.25. The number of hydrogen-bond acceptors (Lipinski definition) is 7. The number of aromatic nitrogens is 2. The number of amides is 2. The minimum Gasteiger partial charge on any atom is -0.493 e. The Labute approximate surface area is 251 Å². The Balaban J connectivity index is 1.67. The molecule has 2 aromatic carbocycles. The molecule has 1 fully saturated rings. The highest BCUT2D eigenvalue weighted by atomic mass is 32.2. The van der Waals surface area contributed by atoms with Crippen LogP contribution in [0.2, 0.25) is 0 Å². The number of nitrogens with zero attached hydrogens (tertiary/aromatic N) is 3. The van der Waals surface area contributed by atoms with E-state index in [4.69, 9.17) is 19.3 Å². The fourth-order valence-corrected chi connectivity index (χ4v) is 6.71. The van der Waals surface area contributed by atoms with E-state index in [-0.39, 0.29) is 40.9 Å². The van der Waals surface area contributed by atoms with Crippen LogP contribution in [0.15, 0.2) is 42.5 Å². The third-order valence-corrected chi connectivity index (χ3v) is 8.86. The van der Waals surface area contributed by atoms with Gasteiger partial charge in [0.15, 0.2) is 11.5 Å². The highest BCUT2D eigenvalue weighted by Gasteiger charge is 2.40. The fraction of sp³-hybridized carbons (Fsp3) is 0.469. The van der Waals surface area contributed by atoms with Gasteiger partial charge in [-0.3, -0.25) is 14.5 Å². The molecule has 2 aliphatic heterocycles. The predicted molar refractivity (Wildman–Crippen MR) is 165 cm³/mol. The smallest absolute Gasteiger partial charge is 0.240 e. The zero-order valence-electron chi connectivity index (χ0n) is 25.2. The molecule has 224 valence electrons. The second-order valence-electron chi connectivity index (χ2n) is 11.8. The van der Waals surface area contributed by atoms with Crippen LogP contribution in [0.5, 0.6) is 11.5 Å². The molecule has 2 atom stereocenters. The number of thioether (sulfide) groups is 1. The van der Waals surface area contributed by atoms with Gasteiger partial charge >= 0.3 is 0 Å². The molecule has 0 radical (unpaired) electrons. The molecule has 2 amide bonds. The molecule has 10 heteroatoms. The fourth-order valence-electron chi connectivity index (χ4n) is 5.52. The van der Waals surface area contributed by atoms with Gasteiger partial charge in [0.2, 0.25) is 11.8 Å². The second kappa shape index (κ2) is 12.4. The number of nitrogens with one attached hydrogen (secondary N) is 1. The van der Waals surface area contributed by atoms with Crippen molar-refractivity contribution in [3.8, 4) is 17.2 Å². The molecular formula is C32H40N4O5S. The SMILES string of the molecule is COc1ccc([C@H]2SCC(=O)N(CC(=O)NC[C@H]3CCCO3)c3c2c(C(C)(C)C)nn3-c2cccc(C)c2)cc1OC. The molecule has 42 heavy (non-hydrogen) atoms. The normalized spacial score (nSPS) is 18.9. The van der Waals surface area contributed by atoms with Gasteiger partial charge in [0.25, 0.3) is 0 Å². The predicted octanol–water partition coefficient (Wildman–Crippen LogP) is 4.96. The highest BCUT2D eigenvalue weighted by Crippen LogP contribution is 2.49. The summed E-state index contributed by atoms with van der Waals surface area (Å²) in [5, 5.41) is 7.93. The van der Waals surface area contributed by atoms with Gasteiger partial charge in [0, 0.05) is 24.1 Å². The molecule has 9 nitrogen and oxygen atoms in total. The number of carbonyl (C=O) groups excluding carboxylic acids is 2. The van der Waals surface area contributed by atoms with Crippen molar-refractivity contribution >= 4 is 29.4 Å². The van der Waals surface area contributed by atoms with Crippen molar-refractivity contribution in [1.29, 1.82) is 0 Å². The first kappa shape index (κ1) is 30.0. The molecule has 5 rings (SSSR count). The standard InChI is InChI=1S/C32H40N4O5S/c1-20-9-7-10-22(15-20)36-31-28(30(34-36)32(2,3)4)29(21-12-13-24(39-5)25(16-21)40-6)42-19-27(38)35(31)18-26(37)33-17-23-11-8-14-41-23/h7,9-10,12-13,15-16,23,29H,8,11,14,17-19H2,1-6H3,(H,33,37)/t23-,29-/m1/s1. The van der Waals surface area contributed by atoms with E-state index in [0.29, 0.717) is 30.5 Å². The Morgan fingerprint density at radius 1 is 1.14 bits per heavy atom. The average molecular weight is 593 g/mol. The summed E-state index contributed by atoms with van der Waals surface area (Å²) in [4.78, 5) is 28.8. The lowest BCUT2D eigenvalue weighted by atomic mass is 9.87. The summed E-state index contributed by atoms with van der Waals surface area (Å²) < 4.78 is 18.7. The number of hydrogen-bond donors (Lipinski definition) is 1. The molecule has 1 saturated heterocycles. The minimum atomic E-state index is -0.352.